The van der Waals surface area contributed by atoms with Gasteiger partial charge in [-0.1, -0.05) is 11.6 Å². The fraction of sp³-hybridized carbons (Fsp3) is 0.545. The van der Waals surface area contributed by atoms with Crippen molar-refractivity contribution in [1.29, 1.82) is 0 Å². The molecule has 6 nitrogen and oxygen atoms in total. The zero-order valence-corrected chi connectivity index (χ0v) is 10.9. The number of fused-ring (bicyclic) bond motifs is 1. The second kappa shape index (κ2) is 4.70. The number of likely N-dealkylation sites (tertiary alicyclic amines) is 1. The van der Waals surface area contributed by atoms with Crippen LogP contribution in [0.5, 0.6) is 0 Å². The molecule has 0 amide bonds. The lowest BCUT2D eigenvalue weighted by molar-refractivity contribution is 0.322. The highest BCUT2D eigenvalue weighted by atomic mass is 35.5. The summed E-state index contributed by atoms with van der Waals surface area (Å²) in [4.78, 5) is 10.5. The minimum atomic E-state index is 0.428. The molecule has 0 aromatic carbocycles. The molecule has 2 aromatic heterocycles. The van der Waals surface area contributed by atoms with Gasteiger partial charge >= 0.3 is 0 Å². The average Bonchev–Trinajstić information content (AvgIpc) is 2.94. The van der Waals surface area contributed by atoms with Crippen molar-refractivity contribution >= 4 is 23.2 Å². The molecule has 0 spiro atoms. The molecule has 1 atom stereocenters. The van der Waals surface area contributed by atoms with E-state index in [9.17, 15) is 0 Å². The number of aromatic nitrogens is 4. The quantitative estimate of drug-likeness (QED) is 0.849. The minimum Gasteiger partial charge on any atom is -0.368 e. The molecule has 0 saturated carbocycles. The van der Waals surface area contributed by atoms with Crippen LogP contribution in [0, 0.1) is 0 Å². The van der Waals surface area contributed by atoms with Gasteiger partial charge in [-0.15, -0.1) is 0 Å². The third-order valence-electron chi connectivity index (χ3n) is 3.41. The molecule has 1 aliphatic heterocycles. The summed E-state index contributed by atoms with van der Waals surface area (Å²) < 4.78 is 1.67. The average molecular weight is 267 g/mol. The highest BCUT2D eigenvalue weighted by Crippen LogP contribution is 2.18. The zero-order chi connectivity index (χ0) is 12.5. The van der Waals surface area contributed by atoms with E-state index in [0.717, 1.165) is 12.4 Å². The first-order valence-electron chi connectivity index (χ1n) is 6.04. The van der Waals surface area contributed by atoms with E-state index in [1.165, 1.54) is 25.7 Å². The fourth-order valence-electron chi connectivity index (χ4n) is 2.37. The predicted molar refractivity (Wildman–Crippen MR) is 69.9 cm³/mol. The molecule has 0 bridgehead atoms. The van der Waals surface area contributed by atoms with Gasteiger partial charge in [-0.05, 0) is 26.4 Å². The van der Waals surface area contributed by atoms with E-state index in [0.29, 0.717) is 17.0 Å². The van der Waals surface area contributed by atoms with Crippen molar-refractivity contribution in [1.82, 2.24) is 24.5 Å². The molecule has 0 radical (unpaired) electrons. The van der Waals surface area contributed by atoms with Crippen molar-refractivity contribution in [3.63, 3.8) is 0 Å². The molecule has 7 heteroatoms. The van der Waals surface area contributed by atoms with E-state index in [4.69, 9.17) is 11.6 Å². The first-order valence-corrected chi connectivity index (χ1v) is 6.42. The number of halogens is 1. The monoisotopic (exact) mass is 266 g/mol. The number of nitrogens with one attached hydrogen (secondary N) is 1. The first-order chi connectivity index (χ1) is 8.74. The normalized spacial score (nSPS) is 20.7. The van der Waals surface area contributed by atoms with Crippen LogP contribution < -0.4 is 5.32 Å². The van der Waals surface area contributed by atoms with Crippen LogP contribution in [-0.4, -0.2) is 50.7 Å². The van der Waals surface area contributed by atoms with Crippen LogP contribution in [0.25, 0.3) is 5.78 Å². The SMILES string of the molecule is CN1CCCC1CNc1cc(Cl)nc2ncnn12. The van der Waals surface area contributed by atoms with Gasteiger partial charge in [-0.3, -0.25) is 0 Å². The maximum Gasteiger partial charge on any atom is 0.255 e. The van der Waals surface area contributed by atoms with Crippen LogP contribution in [0.1, 0.15) is 12.8 Å². The molecule has 1 fully saturated rings. The van der Waals surface area contributed by atoms with Crippen molar-refractivity contribution in [2.45, 2.75) is 18.9 Å². The molecule has 1 saturated heterocycles. The Morgan fingerprint density at radius 1 is 1.56 bits per heavy atom. The van der Waals surface area contributed by atoms with Gasteiger partial charge in [0.05, 0.1) is 0 Å². The van der Waals surface area contributed by atoms with E-state index in [1.807, 2.05) is 0 Å². The summed E-state index contributed by atoms with van der Waals surface area (Å²) in [5.74, 6) is 1.35. The van der Waals surface area contributed by atoms with Crippen LogP contribution in [0.15, 0.2) is 12.4 Å². The minimum absolute atomic E-state index is 0.428. The lowest BCUT2D eigenvalue weighted by Gasteiger charge is -2.20. The first kappa shape index (κ1) is 11.7. The van der Waals surface area contributed by atoms with E-state index in [1.54, 1.807) is 10.6 Å². The highest BCUT2D eigenvalue weighted by molar-refractivity contribution is 6.29. The fourth-order valence-corrected chi connectivity index (χ4v) is 2.55. The lowest BCUT2D eigenvalue weighted by Crippen LogP contribution is -2.32. The number of likely N-dealkylation sites (N-methyl/N-ethyl adjacent to an activating group) is 1. The van der Waals surface area contributed by atoms with Gasteiger partial charge in [-0.25, -0.2) is 0 Å². The Bertz CT molecular complexity index is 553. The lowest BCUT2D eigenvalue weighted by atomic mass is 10.2. The van der Waals surface area contributed by atoms with Gasteiger partial charge in [0.25, 0.3) is 5.78 Å². The van der Waals surface area contributed by atoms with E-state index >= 15 is 0 Å². The maximum atomic E-state index is 5.96. The number of hydrogen-bond donors (Lipinski definition) is 1. The molecule has 1 unspecified atom stereocenters. The van der Waals surface area contributed by atoms with Gasteiger partial charge in [-0.2, -0.15) is 19.6 Å². The van der Waals surface area contributed by atoms with E-state index < -0.39 is 0 Å². The Morgan fingerprint density at radius 2 is 2.44 bits per heavy atom. The number of hydrogen-bond acceptors (Lipinski definition) is 5. The maximum absolute atomic E-state index is 5.96. The van der Waals surface area contributed by atoms with Crippen molar-refractivity contribution in [2.75, 3.05) is 25.5 Å². The van der Waals surface area contributed by atoms with Gasteiger partial charge < -0.3 is 10.2 Å². The van der Waals surface area contributed by atoms with Crippen LogP contribution in [0.4, 0.5) is 5.82 Å². The van der Waals surface area contributed by atoms with Gasteiger partial charge in [0.15, 0.2) is 0 Å². The molecule has 3 heterocycles. The third kappa shape index (κ3) is 2.13. The summed E-state index contributed by atoms with van der Waals surface area (Å²) in [7, 11) is 2.16. The molecule has 1 aliphatic rings. The number of rotatable bonds is 3. The van der Waals surface area contributed by atoms with Crippen LogP contribution in [-0.2, 0) is 0 Å². The van der Waals surface area contributed by atoms with Gasteiger partial charge in [0, 0.05) is 18.7 Å². The molecular formula is C11H15ClN6. The second-order valence-electron chi connectivity index (χ2n) is 4.59. The second-order valence-corrected chi connectivity index (χ2v) is 4.98. The van der Waals surface area contributed by atoms with Crippen LogP contribution in [0.2, 0.25) is 5.15 Å². The predicted octanol–water partition coefficient (Wildman–Crippen LogP) is 1.28. The summed E-state index contributed by atoms with van der Waals surface area (Å²) >= 11 is 5.96. The van der Waals surface area contributed by atoms with Gasteiger partial charge in [0.1, 0.15) is 17.3 Å². The van der Waals surface area contributed by atoms with Crippen molar-refractivity contribution < 1.29 is 0 Å². The Morgan fingerprint density at radius 3 is 3.22 bits per heavy atom. The Hall–Kier alpha value is -1.40. The molecule has 2 aromatic rings. The van der Waals surface area contributed by atoms with Gasteiger partial charge in [0.2, 0.25) is 0 Å². The number of nitrogens with zero attached hydrogens (tertiary/aromatic N) is 5. The smallest absolute Gasteiger partial charge is 0.255 e. The summed E-state index contributed by atoms with van der Waals surface area (Å²) in [6, 6.07) is 2.34. The van der Waals surface area contributed by atoms with E-state index in [2.05, 4.69) is 32.3 Å². The third-order valence-corrected chi connectivity index (χ3v) is 3.60. The van der Waals surface area contributed by atoms with E-state index in [-0.39, 0.29) is 0 Å². The van der Waals surface area contributed by atoms with Crippen LogP contribution in [0.3, 0.4) is 0 Å². The largest absolute Gasteiger partial charge is 0.368 e. The summed E-state index contributed by atoms with van der Waals surface area (Å²) in [5.41, 5.74) is 0. The zero-order valence-electron chi connectivity index (χ0n) is 10.2. The standard InChI is InChI=1S/C11H15ClN6/c1-17-4-2-3-8(17)6-13-10-5-9(12)16-11-14-7-15-18(10)11/h5,7-8,13H,2-4,6H2,1H3. The molecule has 0 aliphatic carbocycles. The number of anilines is 1. The summed E-state index contributed by atoms with van der Waals surface area (Å²) in [5, 5.41) is 7.94. The summed E-state index contributed by atoms with van der Waals surface area (Å²) in [6.07, 6.45) is 3.97. The topological polar surface area (TPSA) is 58.3 Å². The molecule has 1 N–H and O–H groups in total. The Labute approximate surface area is 110 Å². The molecule has 3 rings (SSSR count). The summed E-state index contributed by atoms with van der Waals surface area (Å²) in [6.45, 7) is 2.05. The molecule has 18 heavy (non-hydrogen) atoms. The molecule has 96 valence electrons. The molecular weight excluding hydrogens is 252 g/mol. The van der Waals surface area contributed by atoms with Crippen molar-refractivity contribution in [3.8, 4) is 0 Å². The Kier molecular flexibility index (Phi) is 3.05. The van der Waals surface area contributed by atoms with Crippen molar-refractivity contribution in [2.24, 2.45) is 0 Å². The van der Waals surface area contributed by atoms with Crippen molar-refractivity contribution in [3.05, 3.63) is 17.5 Å². The highest BCUT2D eigenvalue weighted by Gasteiger charge is 2.20. The Balaban J connectivity index is 1.79. The van der Waals surface area contributed by atoms with Crippen LogP contribution >= 0.6 is 11.6 Å².